The molecule has 3 nitrogen and oxygen atoms in total. The maximum absolute atomic E-state index is 7.00. The summed E-state index contributed by atoms with van der Waals surface area (Å²) in [5, 5.41) is 7.00. The Morgan fingerprint density at radius 3 is 1.56 bits per heavy atom. The summed E-state index contributed by atoms with van der Waals surface area (Å²) in [6, 6.07) is 0. The van der Waals surface area contributed by atoms with Crippen LogP contribution < -0.4 is 0 Å². The Hall–Kier alpha value is -0.120. The molecule has 0 aromatic heterocycles. The lowest BCUT2D eigenvalue weighted by Gasteiger charge is -1.97. The van der Waals surface area contributed by atoms with Crippen LogP contribution in [0, 0.1) is 0 Å². The van der Waals surface area contributed by atoms with Crippen LogP contribution in [0.1, 0.15) is 13.8 Å². The minimum atomic E-state index is 0.438. The fraction of sp³-hybridized carbons (Fsp3) is 1.00. The Bertz CT molecular complexity index is 27.5. The highest BCUT2D eigenvalue weighted by atomic mass is 16.7. The minimum Gasteiger partial charge on any atom is -0.400 e. The molecule has 0 spiro atoms. The topological polar surface area (TPSA) is 38.7 Å². The van der Waals surface area contributed by atoms with Crippen molar-refractivity contribution in [2.45, 2.75) is 13.8 Å². The molecule has 0 saturated carbocycles. The number of hydrogen-bond acceptors (Lipinski definition) is 3. The fourth-order valence-corrected chi connectivity index (χ4v) is 0.226. The number of hydrogen-bond donors (Lipinski definition) is 1. The predicted octanol–water partition coefficient (Wildman–Crippen LogP) is 0.625. The molecule has 0 heterocycles. The molecule has 58 valence electrons. The van der Waals surface area contributed by atoms with Crippen LogP contribution in [0.15, 0.2) is 0 Å². The zero-order valence-corrected chi connectivity index (χ0v) is 6.39. The third kappa shape index (κ3) is 18.1. The Balaban J connectivity index is 0. The van der Waals surface area contributed by atoms with E-state index in [-0.39, 0.29) is 0 Å². The van der Waals surface area contributed by atoms with Gasteiger partial charge in [0, 0.05) is 20.3 Å². The first-order valence-corrected chi connectivity index (χ1v) is 3.02. The van der Waals surface area contributed by atoms with Crippen molar-refractivity contribution in [1.82, 2.24) is 0 Å². The van der Waals surface area contributed by atoms with Crippen molar-refractivity contribution in [2.75, 3.05) is 27.1 Å². The summed E-state index contributed by atoms with van der Waals surface area (Å²) in [7, 11) is 1.00. The molecule has 9 heavy (non-hydrogen) atoms. The van der Waals surface area contributed by atoms with Gasteiger partial charge in [0.25, 0.3) is 0 Å². The van der Waals surface area contributed by atoms with Crippen LogP contribution in [0.4, 0.5) is 0 Å². The highest BCUT2D eigenvalue weighted by molar-refractivity contribution is 4.08. The van der Waals surface area contributed by atoms with Gasteiger partial charge in [0.05, 0.1) is 0 Å². The molecule has 0 bridgehead atoms. The van der Waals surface area contributed by atoms with Crippen LogP contribution in [-0.4, -0.2) is 32.2 Å². The minimum absolute atomic E-state index is 0.438. The Kier molecular flexibility index (Phi) is 20.3. The van der Waals surface area contributed by atoms with Gasteiger partial charge in [-0.2, -0.15) is 0 Å². The molecule has 0 aromatic rings. The highest BCUT2D eigenvalue weighted by Crippen LogP contribution is 1.74. The van der Waals surface area contributed by atoms with E-state index in [0.29, 0.717) is 6.79 Å². The lowest BCUT2D eigenvalue weighted by molar-refractivity contribution is -0.0445. The van der Waals surface area contributed by atoms with Crippen molar-refractivity contribution in [2.24, 2.45) is 0 Å². The molecule has 0 aliphatic heterocycles. The van der Waals surface area contributed by atoms with Gasteiger partial charge in [0.2, 0.25) is 0 Å². The quantitative estimate of drug-likeness (QED) is 0.455. The predicted molar refractivity (Wildman–Crippen MR) is 36.3 cm³/mol. The Labute approximate surface area is 56.6 Å². The number of ether oxygens (including phenoxy) is 2. The first kappa shape index (κ1) is 11.6. The van der Waals surface area contributed by atoms with E-state index in [1.807, 2.05) is 13.8 Å². The lowest BCUT2D eigenvalue weighted by atomic mass is 10.9. The smallest absolute Gasteiger partial charge is 0.146 e. The van der Waals surface area contributed by atoms with E-state index in [4.69, 9.17) is 14.6 Å². The van der Waals surface area contributed by atoms with E-state index in [1.165, 1.54) is 0 Å². The second-order valence-corrected chi connectivity index (χ2v) is 1.10. The SMILES string of the molecule is CCOCOCC.CO. The summed E-state index contributed by atoms with van der Waals surface area (Å²) in [6.07, 6.45) is 0. The van der Waals surface area contributed by atoms with Crippen molar-refractivity contribution in [3.8, 4) is 0 Å². The van der Waals surface area contributed by atoms with E-state index in [2.05, 4.69) is 0 Å². The second kappa shape index (κ2) is 15.7. The summed E-state index contributed by atoms with van der Waals surface area (Å²) < 4.78 is 9.70. The van der Waals surface area contributed by atoms with E-state index < -0.39 is 0 Å². The third-order valence-electron chi connectivity index (χ3n) is 0.575. The van der Waals surface area contributed by atoms with Crippen molar-refractivity contribution in [3.63, 3.8) is 0 Å². The van der Waals surface area contributed by atoms with Crippen molar-refractivity contribution < 1.29 is 14.6 Å². The number of aliphatic hydroxyl groups is 1. The Morgan fingerprint density at radius 2 is 1.33 bits per heavy atom. The van der Waals surface area contributed by atoms with Gasteiger partial charge in [-0.25, -0.2) is 0 Å². The molecule has 3 heteroatoms. The van der Waals surface area contributed by atoms with E-state index in [1.54, 1.807) is 0 Å². The molecule has 0 amide bonds. The first-order chi connectivity index (χ1) is 4.41. The maximum Gasteiger partial charge on any atom is 0.146 e. The average Bonchev–Trinajstić information content (AvgIpc) is 1.94. The zero-order valence-electron chi connectivity index (χ0n) is 6.39. The first-order valence-electron chi connectivity index (χ1n) is 3.02. The van der Waals surface area contributed by atoms with Crippen LogP contribution in [0.3, 0.4) is 0 Å². The molecule has 0 fully saturated rings. The number of aliphatic hydroxyl groups excluding tert-OH is 1. The third-order valence-corrected chi connectivity index (χ3v) is 0.575. The summed E-state index contributed by atoms with van der Waals surface area (Å²) >= 11 is 0. The molecule has 1 N–H and O–H groups in total. The van der Waals surface area contributed by atoms with Crippen LogP contribution in [0.2, 0.25) is 0 Å². The van der Waals surface area contributed by atoms with Crippen LogP contribution in [0.5, 0.6) is 0 Å². The van der Waals surface area contributed by atoms with E-state index >= 15 is 0 Å². The fourth-order valence-electron chi connectivity index (χ4n) is 0.226. The molecule has 0 aromatic carbocycles. The van der Waals surface area contributed by atoms with Crippen LogP contribution >= 0.6 is 0 Å². The summed E-state index contributed by atoms with van der Waals surface area (Å²) in [4.78, 5) is 0. The van der Waals surface area contributed by atoms with Crippen molar-refractivity contribution in [1.29, 1.82) is 0 Å². The maximum atomic E-state index is 7.00. The van der Waals surface area contributed by atoms with Gasteiger partial charge in [0.15, 0.2) is 0 Å². The molecule has 0 aliphatic carbocycles. The standard InChI is InChI=1S/C5H12O2.CH4O/c1-3-6-5-7-4-2;1-2/h3-5H2,1-2H3;2H,1H3. The van der Waals surface area contributed by atoms with Gasteiger partial charge in [-0.1, -0.05) is 0 Å². The molecule has 0 saturated heterocycles. The summed E-state index contributed by atoms with van der Waals surface area (Å²) in [6.45, 7) is 5.80. The molecule has 0 aliphatic rings. The summed E-state index contributed by atoms with van der Waals surface area (Å²) in [5.41, 5.74) is 0. The van der Waals surface area contributed by atoms with E-state index in [9.17, 15) is 0 Å². The Morgan fingerprint density at radius 1 is 1.00 bits per heavy atom. The van der Waals surface area contributed by atoms with Gasteiger partial charge in [-0.15, -0.1) is 0 Å². The van der Waals surface area contributed by atoms with E-state index in [0.717, 1.165) is 20.3 Å². The van der Waals surface area contributed by atoms with Gasteiger partial charge < -0.3 is 14.6 Å². The largest absolute Gasteiger partial charge is 0.400 e. The zero-order chi connectivity index (χ0) is 7.54. The van der Waals surface area contributed by atoms with Gasteiger partial charge in [-0.05, 0) is 13.8 Å². The van der Waals surface area contributed by atoms with Crippen LogP contribution in [0.25, 0.3) is 0 Å². The molecule has 0 unspecified atom stereocenters. The van der Waals surface area contributed by atoms with Crippen LogP contribution in [-0.2, 0) is 9.47 Å². The lowest BCUT2D eigenvalue weighted by Crippen LogP contribution is -1.97. The normalized spacial score (nSPS) is 8.00. The average molecular weight is 136 g/mol. The van der Waals surface area contributed by atoms with Crippen molar-refractivity contribution >= 4 is 0 Å². The van der Waals surface area contributed by atoms with Crippen molar-refractivity contribution in [3.05, 3.63) is 0 Å². The second-order valence-electron chi connectivity index (χ2n) is 1.10. The molecule has 0 radical (unpaired) electrons. The summed E-state index contributed by atoms with van der Waals surface area (Å²) in [5.74, 6) is 0. The van der Waals surface area contributed by atoms with Gasteiger partial charge in [0.1, 0.15) is 6.79 Å². The molecular weight excluding hydrogens is 120 g/mol. The molecule has 0 rings (SSSR count). The monoisotopic (exact) mass is 136 g/mol. The molecular formula is C6H16O3. The highest BCUT2D eigenvalue weighted by Gasteiger charge is 1.76. The molecule has 0 atom stereocenters. The number of rotatable bonds is 4. The van der Waals surface area contributed by atoms with Gasteiger partial charge in [-0.3, -0.25) is 0 Å². The van der Waals surface area contributed by atoms with Gasteiger partial charge >= 0.3 is 0 Å².